The average Bonchev–Trinajstić information content (AvgIpc) is 2.76. The number of nitrogens with zero attached hydrogens (tertiary/aromatic N) is 6. The van der Waals surface area contributed by atoms with Gasteiger partial charge in [0.25, 0.3) is 0 Å². The minimum absolute atomic E-state index is 0.0533. The molecule has 8 nitrogen and oxygen atoms in total. The first-order valence-corrected chi connectivity index (χ1v) is 9.00. The molecule has 3 heterocycles. The van der Waals surface area contributed by atoms with Crippen molar-refractivity contribution in [2.75, 3.05) is 31.1 Å². The monoisotopic (exact) mass is 374 g/mol. The van der Waals surface area contributed by atoms with Crippen molar-refractivity contribution in [2.45, 2.75) is 6.54 Å². The topological polar surface area (TPSA) is 95.1 Å². The first kappa shape index (κ1) is 17.7. The minimum Gasteiger partial charge on any atom is -0.352 e. The van der Waals surface area contributed by atoms with Crippen LogP contribution in [-0.4, -0.2) is 51.8 Å². The number of piperazine rings is 1. The van der Waals surface area contributed by atoms with E-state index in [0.717, 1.165) is 0 Å². The molecule has 1 fully saturated rings. The smallest absolute Gasteiger partial charge is 0.244 e. The molecule has 28 heavy (non-hydrogen) atoms. The first-order valence-electron chi connectivity index (χ1n) is 9.00. The Bertz CT molecular complexity index is 1130. The van der Waals surface area contributed by atoms with Gasteiger partial charge in [-0.05, 0) is 24.3 Å². The van der Waals surface area contributed by atoms with Gasteiger partial charge in [-0.1, -0.05) is 12.1 Å². The third-order valence-electron chi connectivity index (χ3n) is 4.89. The average molecular weight is 374 g/mol. The second-order valence-corrected chi connectivity index (χ2v) is 6.54. The summed E-state index contributed by atoms with van der Waals surface area (Å²) in [6, 6.07) is 12.8. The van der Waals surface area contributed by atoms with Crippen LogP contribution >= 0.6 is 0 Å². The van der Waals surface area contributed by atoms with Gasteiger partial charge in [-0.3, -0.25) is 14.3 Å². The van der Waals surface area contributed by atoms with E-state index in [0.29, 0.717) is 48.5 Å². The van der Waals surface area contributed by atoms with Crippen LogP contribution in [0.5, 0.6) is 0 Å². The molecule has 0 unspecified atom stereocenters. The summed E-state index contributed by atoms with van der Waals surface area (Å²) in [5, 5.41) is 13.9. The molecule has 140 valence electrons. The molecule has 0 aliphatic carbocycles. The van der Waals surface area contributed by atoms with Gasteiger partial charge in [-0.2, -0.15) is 10.4 Å². The highest BCUT2D eigenvalue weighted by Crippen LogP contribution is 2.18. The zero-order chi connectivity index (χ0) is 19.5. The summed E-state index contributed by atoms with van der Waals surface area (Å²) in [7, 11) is 0. The summed E-state index contributed by atoms with van der Waals surface area (Å²) in [4.78, 5) is 32.8. The van der Waals surface area contributed by atoms with E-state index in [4.69, 9.17) is 0 Å². The lowest BCUT2D eigenvalue weighted by Crippen LogP contribution is -2.50. The molecule has 1 saturated heterocycles. The zero-order valence-corrected chi connectivity index (χ0v) is 15.2. The molecular weight excluding hydrogens is 356 g/mol. The molecule has 0 N–H and O–H groups in total. The number of rotatable bonds is 3. The highest BCUT2D eigenvalue weighted by atomic mass is 16.2. The van der Waals surface area contributed by atoms with Gasteiger partial charge < -0.3 is 9.80 Å². The Morgan fingerprint density at radius 1 is 1.11 bits per heavy atom. The first-order chi connectivity index (χ1) is 13.7. The van der Waals surface area contributed by atoms with Gasteiger partial charge >= 0.3 is 0 Å². The fourth-order valence-electron chi connectivity index (χ4n) is 3.42. The maximum absolute atomic E-state index is 12.8. The van der Waals surface area contributed by atoms with Crippen LogP contribution in [0.4, 0.5) is 5.82 Å². The number of amides is 1. The number of pyridine rings is 1. The van der Waals surface area contributed by atoms with Crippen LogP contribution in [0.3, 0.4) is 0 Å². The Kier molecular flexibility index (Phi) is 4.72. The molecule has 1 amide bonds. The Morgan fingerprint density at radius 3 is 2.68 bits per heavy atom. The predicted molar refractivity (Wildman–Crippen MR) is 104 cm³/mol. The fraction of sp³-hybridized carbons (Fsp3) is 0.250. The van der Waals surface area contributed by atoms with Crippen molar-refractivity contribution in [3.8, 4) is 6.07 Å². The number of carbonyl (C=O) groups is 1. The van der Waals surface area contributed by atoms with Crippen molar-refractivity contribution in [1.82, 2.24) is 19.7 Å². The van der Waals surface area contributed by atoms with E-state index < -0.39 is 0 Å². The predicted octanol–water partition coefficient (Wildman–Crippen LogP) is 1.01. The van der Waals surface area contributed by atoms with Gasteiger partial charge in [0.15, 0.2) is 0 Å². The highest BCUT2D eigenvalue weighted by Gasteiger charge is 2.23. The van der Waals surface area contributed by atoms with Gasteiger partial charge in [-0.15, -0.1) is 0 Å². The second-order valence-electron chi connectivity index (χ2n) is 6.54. The Morgan fingerprint density at radius 2 is 1.89 bits per heavy atom. The van der Waals surface area contributed by atoms with Gasteiger partial charge in [0.05, 0.1) is 17.3 Å². The molecule has 2 aromatic heterocycles. The van der Waals surface area contributed by atoms with Crippen LogP contribution < -0.4 is 10.3 Å². The molecule has 0 spiro atoms. The van der Waals surface area contributed by atoms with Crippen molar-refractivity contribution >= 4 is 22.6 Å². The summed E-state index contributed by atoms with van der Waals surface area (Å²) in [6.07, 6.45) is 2.92. The Labute approximate surface area is 161 Å². The van der Waals surface area contributed by atoms with Crippen LogP contribution in [0.25, 0.3) is 10.9 Å². The van der Waals surface area contributed by atoms with E-state index in [-0.39, 0.29) is 17.9 Å². The second kappa shape index (κ2) is 7.48. The summed E-state index contributed by atoms with van der Waals surface area (Å²) < 4.78 is 1.57. The number of para-hydroxylation sites is 1. The van der Waals surface area contributed by atoms with Crippen LogP contribution in [0.15, 0.2) is 53.6 Å². The van der Waals surface area contributed by atoms with Gasteiger partial charge in [0.1, 0.15) is 18.4 Å². The largest absolute Gasteiger partial charge is 0.352 e. The molecule has 0 saturated carbocycles. The molecule has 1 aliphatic rings. The number of hydrogen-bond acceptors (Lipinski definition) is 6. The molecule has 8 heteroatoms. The number of fused-ring (bicyclic) bond motifs is 1. The van der Waals surface area contributed by atoms with Gasteiger partial charge in [-0.25, -0.2) is 4.98 Å². The van der Waals surface area contributed by atoms with E-state index in [9.17, 15) is 14.9 Å². The van der Waals surface area contributed by atoms with E-state index in [1.165, 1.54) is 6.20 Å². The van der Waals surface area contributed by atoms with E-state index in [2.05, 4.69) is 16.2 Å². The van der Waals surface area contributed by atoms with Gasteiger partial charge in [0.2, 0.25) is 11.3 Å². The quantitative estimate of drug-likeness (QED) is 0.679. The number of benzene rings is 1. The van der Waals surface area contributed by atoms with E-state index in [1.54, 1.807) is 46.1 Å². The lowest BCUT2D eigenvalue weighted by Gasteiger charge is -2.35. The third kappa shape index (κ3) is 3.30. The van der Waals surface area contributed by atoms with Crippen LogP contribution in [-0.2, 0) is 11.3 Å². The van der Waals surface area contributed by atoms with Crippen molar-refractivity contribution in [2.24, 2.45) is 0 Å². The minimum atomic E-state index is -0.156. The summed E-state index contributed by atoms with van der Waals surface area (Å²) in [5.74, 6) is 0.604. The molecular formula is C20H18N6O2. The maximum Gasteiger partial charge on any atom is 0.244 e. The molecule has 1 aliphatic heterocycles. The number of aromatic nitrogens is 3. The highest BCUT2D eigenvalue weighted by molar-refractivity contribution is 5.81. The fourth-order valence-corrected chi connectivity index (χ4v) is 3.42. The molecule has 0 radical (unpaired) electrons. The maximum atomic E-state index is 12.8. The Hall–Kier alpha value is -3.73. The van der Waals surface area contributed by atoms with Crippen molar-refractivity contribution < 1.29 is 4.79 Å². The van der Waals surface area contributed by atoms with Crippen molar-refractivity contribution in [1.29, 1.82) is 5.26 Å². The molecule has 0 bridgehead atoms. The summed E-state index contributed by atoms with van der Waals surface area (Å²) in [5.41, 5.74) is 1.02. The lowest BCUT2D eigenvalue weighted by molar-refractivity contribution is -0.132. The summed E-state index contributed by atoms with van der Waals surface area (Å²) >= 11 is 0. The van der Waals surface area contributed by atoms with Crippen LogP contribution in [0.1, 0.15) is 5.56 Å². The third-order valence-corrected chi connectivity index (χ3v) is 4.89. The molecule has 4 rings (SSSR count). The summed E-state index contributed by atoms with van der Waals surface area (Å²) in [6.45, 7) is 2.37. The SMILES string of the molecule is N#Cc1cccnc1N1CCN(C(=O)Cn2ncc(=O)c3ccccc32)CC1. The van der Waals surface area contributed by atoms with E-state index in [1.807, 2.05) is 11.0 Å². The molecule has 1 aromatic carbocycles. The normalized spacial score (nSPS) is 14.1. The lowest BCUT2D eigenvalue weighted by atomic mass is 10.2. The van der Waals surface area contributed by atoms with E-state index >= 15 is 0 Å². The number of hydrogen-bond donors (Lipinski definition) is 0. The molecule has 0 atom stereocenters. The zero-order valence-electron chi connectivity index (χ0n) is 15.2. The Balaban J connectivity index is 1.46. The number of carbonyl (C=O) groups excluding carboxylic acids is 1. The van der Waals surface area contributed by atoms with Crippen LogP contribution in [0, 0.1) is 11.3 Å². The number of anilines is 1. The van der Waals surface area contributed by atoms with Gasteiger partial charge in [0, 0.05) is 37.8 Å². The van der Waals surface area contributed by atoms with Crippen molar-refractivity contribution in [3.05, 3.63) is 64.6 Å². The molecule has 3 aromatic rings. The van der Waals surface area contributed by atoms with Crippen molar-refractivity contribution in [3.63, 3.8) is 0 Å². The standard InChI is InChI=1S/C20H18N6O2/c21-12-15-4-3-7-22-20(15)25-10-8-24(9-11-25)19(28)14-26-17-6-2-1-5-16(17)18(27)13-23-26/h1-7,13H,8-11,14H2. The number of nitriles is 1. The van der Waals surface area contributed by atoms with Crippen LogP contribution in [0.2, 0.25) is 0 Å².